The van der Waals surface area contributed by atoms with Gasteiger partial charge >= 0.3 is 0 Å². The summed E-state index contributed by atoms with van der Waals surface area (Å²) in [5.41, 5.74) is 5.37. The van der Waals surface area contributed by atoms with Crippen molar-refractivity contribution in [1.29, 1.82) is 0 Å². The molecule has 1 aliphatic heterocycles. The van der Waals surface area contributed by atoms with Gasteiger partial charge in [-0.05, 0) is 6.42 Å². The fraction of sp³-hybridized carbons (Fsp3) is 0.600. The molecule has 1 aromatic heterocycles. The fourth-order valence-electron chi connectivity index (χ4n) is 1.86. The van der Waals surface area contributed by atoms with E-state index in [4.69, 9.17) is 5.73 Å². The van der Waals surface area contributed by atoms with E-state index in [1.807, 2.05) is 16.5 Å². The van der Waals surface area contributed by atoms with Gasteiger partial charge in [0.2, 0.25) is 5.91 Å². The van der Waals surface area contributed by atoms with Crippen LogP contribution >= 0.6 is 11.3 Å². The summed E-state index contributed by atoms with van der Waals surface area (Å²) in [6, 6.07) is 0. The van der Waals surface area contributed by atoms with E-state index < -0.39 is 0 Å². The summed E-state index contributed by atoms with van der Waals surface area (Å²) in [6.45, 7) is 3.46. The summed E-state index contributed by atoms with van der Waals surface area (Å²) in [7, 11) is 0. The third-order valence-corrected chi connectivity index (χ3v) is 3.55. The molecule has 0 unspecified atom stereocenters. The van der Waals surface area contributed by atoms with Crippen LogP contribution in [0.3, 0.4) is 0 Å². The molecule has 2 N–H and O–H groups in total. The molecule has 1 aromatic rings. The lowest BCUT2D eigenvalue weighted by Gasteiger charge is -2.21. The highest BCUT2D eigenvalue weighted by Gasteiger charge is 2.18. The van der Waals surface area contributed by atoms with Crippen LogP contribution in [0.4, 0.5) is 5.13 Å². The molecule has 1 saturated heterocycles. The largest absolute Gasteiger partial charge is 0.346 e. The van der Waals surface area contributed by atoms with Gasteiger partial charge in [-0.25, -0.2) is 4.98 Å². The predicted octanol–water partition coefficient (Wildman–Crippen LogP) is 0.141. The van der Waals surface area contributed by atoms with Crippen LogP contribution in [0.5, 0.6) is 0 Å². The molecule has 6 heteroatoms. The predicted molar refractivity (Wildman–Crippen MR) is 64.6 cm³/mol. The van der Waals surface area contributed by atoms with Crippen LogP contribution in [0, 0.1) is 0 Å². The van der Waals surface area contributed by atoms with Gasteiger partial charge in [-0.15, -0.1) is 11.3 Å². The Kier molecular flexibility index (Phi) is 3.74. The van der Waals surface area contributed by atoms with Crippen molar-refractivity contribution >= 4 is 22.4 Å². The van der Waals surface area contributed by atoms with E-state index in [1.54, 1.807) is 11.3 Å². The summed E-state index contributed by atoms with van der Waals surface area (Å²) in [5, 5.41) is 3.02. The molecular formula is C10H16N4OS. The zero-order valence-corrected chi connectivity index (χ0v) is 9.95. The standard InChI is InChI=1S/C10H16N4OS/c11-8-9(15)13-3-1-4-14(6-5-13)10-12-2-7-16-10/h2,7H,1,3-6,8,11H2. The Morgan fingerprint density at radius 3 is 3.00 bits per heavy atom. The molecule has 0 aromatic carbocycles. The maximum atomic E-state index is 11.5. The molecule has 0 aliphatic carbocycles. The van der Waals surface area contributed by atoms with Gasteiger partial charge < -0.3 is 15.5 Å². The van der Waals surface area contributed by atoms with Crippen molar-refractivity contribution in [2.45, 2.75) is 6.42 Å². The number of anilines is 1. The smallest absolute Gasteiger partial charge is 0.236 e. The van der Waals surface area contributed by atoms with Crippen LogP contribution in [0.15, 0.2) is 11.6 Å². The van der Waals surface area contributed by atoms with Gasteiger partial charge in [0.05, 0.1) is 6.54 Å². The minimum Gasteiger partial charge on any atom is -0.346 e. The van der Waals surface area contributed by atoms with E-state index in [9.17, 15) is 4.79 Å². The summed E-state index contributed by atoms with van der Waals surface area (Å²) in [4.78, 5) is 19.8. The van der Waals surface area contributed by atoms with Gasteiger partial charge in [0.15, 0.2) is 5.13 Å². The lowest BCUT2D eigenvalue weighted by molar-refractivity contribution is -0.129. The van der Waals surface area contributed by atoms with Crippen molar-refractivity contribution in [2.24, 2.45) is 5.73 Å². The third kappa shape index (κ3) is 2.51. The van der Waals surface area contributed by atoms with Crippen LogP contribution in [-0.2, 0) is 4.79 Å². The Morgan fingerprint density at radius 1 is 1.44 bits per heavy atom. The number of nitrogens with two attached hydrogens (primary N) is 1. The van der Waals surface area contributed by atoms with Crippen molar-refractivity contribution in [3.8, 4) is 0 Å². The van der Waals surface area contributed by atoms with Gasteiger partial charge in [-0.2, -0.15) is 0 Å². The second-order valence-electron chi connectivity index (χ2n) is 3.74. The third-order valence-electron chi connectivity index (χ3n) is 2.71. The Labute approximate surface area is 98.9 Å². The average Bonchev–Trinajstić information content (AvgIpc) is 2.73. The van der Waals surface area contributed by atoms with Crippen LogP contribution < -0.4 is 10.6 Å². The highest BCUT2D eigenvalue weighted by atomic mass is 32.1. The van der Waals surface area contributed by atoms with Gasteiger partial charge in [0, 0.05) is 37.8 Å². The summed E-state index contributed by atoms with van der Waals surface area (Å²) in [6.07, 6.45) is 2.79. The van der Waals surface area contributed by atoms with Gasteiger partial charge in [0.25, 0.3) is 0 Å². The minimum atomic E-state index is 0.0426. The van der Waals surface area contributed by atoms with E-state index >= 15 is 0 Å². The van der Waals surface area contributed by atoms with E-state index in [0.717, 1.165) is 37.7 Å². The molecule has 2 heterocycles. The molecule has 2 rings (SSSR count). The molecule has 0 atom stereocenters. The number of hydrogen-bond acceptors (Lipinski definition) is 5. The first-order valence-corrected chi connectivity index (χ1v) is 6.31. The molecule has 16 heavy (non-hydrogen) atoms. The highest BCUT2D eigenvalue weighted by molar-refractivity contribution is 7.13. The Hall–Kier alpha value is -1.14. The number of aromatic nitrogens is 1. The van der Waals surface area contributed by atoms with Gasteiger partial charge in [-0.3, -0.25) is 4.79 Å². The van der Waals surface area contributed by atoms with E-state index in [2.05, 4.69) is 9.88 Å². The SMILES string of the molecule is NCC(=O)N1CCCN(c2nccs2)CC1. The zero-order valence-electron chi connectivity index (χ0n) is 9.13. The van der Waals surface area contributed by atoms with E-state index in [1.165, 1.54) is 0 Å². The Balaban J connectivity index is 1.96. The lowest BCUT2D eigenvalue weighted by Crippen LogP contribution is -2.38. The van der Waals surface area contributed by atoms with Gasteiger partial charge in [-0.1, -0.05) is 0 Å². The van der Waals surface area contributed by atoms with Gasteiger partial charge in [0.1, 0.15) is 0 Å². The summed E-state index contributed by atoms with van der Waals surface area (Å²) in [5.74, 6) is 0.0426. The van der Waals surface area contributed by atoms with Crippen molar-refractivity contribution in [3.63, 3.8) is 0 Å². The summed E-state index contributed by atoms with van der Waals surface area (Å²) >= 11 is 1.64. The molecule has 1 aliphatic rings. The number of carbonyl (C=O) groups excluding carboxylic acids is 1. The molecule has 0 spiro atoms. The zero-order chi connectivity index (χ0) is 11.4. The summed E-state index contributed by atoms with van der Waals surface area (Å²) < 4.78 is 0. The molecule has 0 radical (unpaired) electrons. The molecule has 1 fully saturated rings. The lowest BCUT2D eigenvalue weighted by atomic mass is 10.4. The molecule has 0 bridgehead atoms. The van der Waals surface area contributed by atoms with Crippen LogP contribution in [0.2, 0.25) is 0 Å². The number of amides is 1. The van der Waals surface area contributed by atoms with E-state index in [-0.39, 0.29) is 12.5 Å². The second kappa shape index (κ2) is 5.27. The Bertz CT molecular complexity index is 341. The average molecular weight is 240 g/mol. The van der Waals surface area contributed by atoms with Crippen molar-refractivity contribution in [3.05, 3.63) is 11.6 Å². The van der Waals surface area contributed by atoms with Crippen LogP contribution in [-0.4, -0.2) is 48.5 Å². The number of thiazole rings is 1. The normalized spacial score (nSPS) is 17.3. The van der Waals surface area contributed by atoms with Crippen LogP contribution in [0.1, 0.15) is 6.42 Å². The topological polar surface area (TPSA) is 62.5 Å². The maximum absolute atomic E-state index is 11.5. The molecule has 5 nitrogen and oxygen atoms in total. The number of hydrogen-bond donors (Lipinski definition) is 1. The molecule has 0 saturated carbocycles. The minimum absolute atomic E-state index is 0.0426. The molecule has 1 amide bonds. The number of rotatable bonds is 2. The van der Waals surface area contributed by atoms with Crippen LogP contribution in [0.25, 0.3) is 0 Å². The fourth-order valence-corrected chi connectivity index (χ4v) is 2.56. The number of nitrogens with zero attached hydrogens (tertiary/aromatic N) is 3. The highest BCUT2D eigenvalue weighted by Crippen LogP contribution is 2.18. The molecule has 88 valence electrons. The van der Waals surface area contributed by atoms with E-state index in [0.29, 0.717) is 0 Å². The first-order chi connectivity index (χ1) is 7.81. The first kappa shape index (κ1) is 11.3. The van der Waals surface area contributed by atoms with Crippen molar-refractivity contribution < 1.29 is 4.79 Å². The van der Waals surface area contributed by atoms with Crippen molar-refractivity contribution in [1.82, 2.24) is 9.88 Å². The van der Waals surface area contributed by atoms with Crippen molar-refractivity contribution in [2.75, 3.05) is 37.6 Å². The number of carbonyl (C=O) groups is 1. The monoisotopic (exact) mass is 240 g/mol. The second-order valence-corrected chi connectivity index (χ2v) is 4.61. The Morgan fingerprint density at radius 2 is 2.31 bits per heavy atom. The first-order valence-electron chi connectivity index (χ1n) is 5.43. The maximum Gasteiger partial charge on any atom is 0.236 e. The molecular weight excluding hydrogens is 224 g/mol. The quantitative estimate of drug-likeness (QED) is 0.799.